The number of rotatable bonds is 6. The number of carbonyl (C=O) groups is 1. The maximum atomic E-state index is 13.4. The molecule has 1 aliphatic heterocycles. The Bertz CT molecular complexity index is 1030. The Morgan fingerprint density at radius 1 is 1.07 bits per heavy atom. The molecule has 30 heavy (non-hydrogen) atoms. The number of anilines is 1. The molecule has 0 bridgehead atoms. The highest BCUT2D eigenvalue weighted by molar-refractivity contribution is 7.22. The smallest absolute Gasteiger partial charge is 0.260 e. The van der Waals surface area contributed by atoms with Crippen LogP contribution in [0.5, 0.6) is 0 Å². The van der Waals surface area contributed by atoms with E-state index in [0.29, 0.717) is 32.3 Å². The molecule has 3 aromatic rings. The number of ether oxygens (including phenoxy) is 1. The number of halogens is 3. The van der Waals surface area contributed by atoms with Crippen molar-refractivity contribution in [3.05, 3.63) is 57.0 Å². The summed E-state index contributed by atoms with van der Waals surface area (Å²) in [6, 6.07) is 10.4. The molecule has 1 amide bonds. The van der Waals surface area contributed by atoms with Gasteiger partial charge >= 0.3 is 0 Å². The molecule has 0 atom stereocenters. The number of thiazole rings is 1. The van der Waals surface area contributed by atoms with E-state index in [9.17, 15) is 4.79 Å². The van der Waals surface area contributed by atoms with Crippen LogP contribution in [0.3, 0.4) is 0 Å². The van der Waals surface area contributed by atoms with E-state index in [0.717, 1.165) is 49.5 Å². The lowest BCUT2D eigenvalue weighted by molar-refractivity contribution is 0.0376. The van der Waals surface area contributed by atoms with Gasteiger partial charge in [-0.3, -0.25) is 14.6 Å². The molecule has 2 aromatic carbocycles. The van der Waals surface area contributed by atoms with Gasteiger partial charge in [-0.1, -0.05) is 46.1 Å². The minimum atomic E-state index is -0.175. The fraction of sp³-hybridized carbons (Fsp3) is 0.333. The number of nitrogens with zero attached hydrogens (tertiary/aromatic N) is 3. The molecule has 2 heterocycles. The second-order valence-electron chi connectivity index (χ2n) is 7.03. The predicted molar refractivity (Wildman–Crippen MR) is 125 cm³/mol. The van der Waals surface area contributed by atoms with Crippen LogP contribution in [-0.2, 0) is 4.74 Å². The summed E-state index contributed by atoms with van der Waals surface area (Å²) in [6.45, 7) is 4.76. The van der Waals surface area contributed by atoms with E-state index >= 15 is 0 Å². The Morgan fingerprint density at radius 3 is 2.53 bits per heavy atom. The van der Waals surface area contributed by atoms with Gasteiger partial charge in [-0.15, -0.1) is 0 Å². The van der Waals surface area contributed by atoms with Crippen LogP contribution in [0, 0.1) is 0 Å². The zero-order valence-electron chi connectivity index (χ0n) is 16.1. The molecular weight excluding hydrogens is 465 g/mol. The van der Waals surface area contributed by atoms with E-state index in [4.69, 9.17) is 39.5 Å². The van der Waals surface area contributed by atoms with Crippen LogP contribution in [-0.4, -0.2) is 55.2 Å². The van der Waals surface area contributed by atoms with Crippen molar-refractivity contribution >= 4 is 67.4 Å². The molecule has 1 aliphatic rings. The average Bonchev–Trinajstić information content (AvgIpc) is 3.13. The Labute approximate surface area is 194 Å². The average molecular weight is 485 g/mol. The largest absolute Gasteiger partial charge is 0.379 e. The lowest BCUT2D eigenvalue weighted by Crippen LogP contribution is -2.39. The molecule has 1 aromatic heterocycles. The van der Waals surface area contributed by atoms with Gasteiger partial charge in [0.1, 0.15) is 0 Å². The first-order chi connectivity index (χ1) is 14.5. The van der Waals surface area contributed by atoms with E-state index < -0.39 is 0 Å². The molecule has 158 valence electrons. The SMILES string of the molecule is O=C(c1cc(Cl)cc(Cl)c1)N(CCCN1CCOCC1)c1nc2ccc(Cl)cc2s1. The van der Waals surface area contributed by atoms with Crippen molar-refractivity contribution in [3.8, 4) is 0 Å². The Hall–Kier alpha value is -1.41. The summed E-state index contributed by atoms with van der Waals surface area (Å²) in [6.07, 6.45) is 0.816. The molecule has 0 radical (unpaired) electrons. The van der Waals surface area contributed by atoms with Crippen molar-refractivity contribution in [1.82, 2.24) is 9.88 Å². The normalized spacial score (nSPS) is 14.9. The molecule has 4 rings (SSSR count). The van der Waals surface area contributed by atoms with Crippen molar-refractivity contribution < 1.29 is 9.53 Å². The van der Waals surface area contributed by atoms with E-state index in [-0.39, 0.29) is 5.91 Å². The van der Waals surface area contributed by atoms with Crippen LogP contribution < -0.4 is 4.90 Å². The Morgan fingerprint density at radius 2 is 1.80 bits per heavy atom. The Balaban J connectivity index is 1.59. The zero-order chi connectivity index (χ0) is 21.1. The monoisotopic (exact) mass is 483 g/mol. The number of fused-ring (bicyclic) bond motifs is 1. The van der Waals surface area contributed by atoms with Crippen molar-refractivity contribution in [2.24, 2.45) is 0 Å². The molecule has 0 spiro atoms. The van der Waals surface area contributed by atoms with Gasteiger partial charge in [0.2, 0.25) is 0 Å². The van der Waals surface area contributed by atoms with Crippen molar-refractivity contribution in [3.63, 3.8) is 0 Å². The maximum absolute atomic E-state index is 13.4. The molecule has 0 aliphatic carbocycles. The highest BCUT2D eigenvalue weighted by atomic mass is 35.5. The minimum Gasteiger partial charge on any atom is -0.379 e. The highest BCUT2D eigenvalue weighted by Gasteiger charge is 2.22. The third-order valence-electron chi connectivity index (χ3n) is 4.88. The van der Waals surface area contributed by atoms with E-state index in [2.05, 4.69) is 9.88 Å². The molecule has 0 unspecified atom stereocenters. The zero-order valence-corrected chi connectivity index (χ0v) is 19.2. The third-order valence-corrected chi connectivity index (χ3v) is 6.60. The van der Waals surface area contributed by atoms with Gasteiger partial charge in [-0.05, 0) is 42.8 Å². The molecule has 0 saturated carbocycles. The fourth-order valence-electron chi connectivity index (χ4n) is 3.40. The first-order valence-corrected chi connectivity index (χ1v) is 11.6. The molecular formula is C21H20Cl3N3O2S. The lowest BCUT2D eigenvalue weighted by Gasteiger charge is -2.27. The van der Waals surface area contributed by atoms with Gasteiger partial charge in [0, 0.05) is 46.8 Å². The fourth-order valence-corrected chi connectivity index (χ4v) is 5.19. The van der Waals surface area contributed by atoms with Gasteiger partial charge < -0.3 is 4.74 Å². The van der Waals surface area contributed by atoms with Crippen LogP contribution in [0.2, 0.25) is 15.1 Å². The van der Waals surface area contributed by atoms with E-state index in [1.54, 1.807) is 29.2 Å². The van der Waals surface area contributed by atoms with Crippen molar-refractivity contribution in [2.45, 2.75) is 6.42 Å². The van der Waals surface area contributed by atoms with Crippen molar-refractivity contribution in [1.29, 1.82) is 0 Å². The van der Waals surface area contributed by atoms with Crippen LogP contribution >= 0.6 is 46.1 Å². The number of carbonyl (C=O) groups excluding carboxylic acids is 1. The molecule has 0 N–H and O–H groups in total. The first kappa shape index (κ1) is 21.8. The summed E-state index contributed by atoms with van der Waals surface area (Å²) >= 11 is 19.8. The summed E-state index contributed by atoms with van der Waals surface area (Å²) in [5, 5.41) is 2.13. The van der Waals surface area contributed by atoms with Gasteiger partial charge in [-0.2, -0.15) is 0 Å². The lowest BCUT2D eigenvalue weighted by atomic mass is 10.2. The summed E-state index contributed by atoms with van der Waals surface area (Å²) < 4.78 is 6.35. The number of hydrogen-bond donors (Lipinski definition) is 0. The second kappa shape index (κ2) is 9.81. The van der Waals surface area contributed by atoms with Gasteiger partial charge in [0.15, 0.2) is 5.13 Å². The molecule has 1 saturated heterocycles. The molecule has 9 heteroatoms. The van der Waals surface area contributed by atoms with Gasteiger partial charge in [-0.25, -0.2) is 4.98 Å². The molecule has 5 nitrogen and oxygen atoms in total. The summed E-state index contributed by atoms with van der Waals surface area (Å²) in [7, 11) is 0. The number of amides is 1. The quantitative estimate of drug-likeness (QED) is 0.455. The third kappa shape index (κ3) is 5.25. The summed E-state index contributed by atoms with van der Waals surface area (Å²) in [5.74, 6) is -0.175. The maximum Gasteiger partial charge on any atom is 0.260 e. The standard InChI is InChI=1S/C21H20Cl3N3O2S/c22-15-2-3-18-19(13-15)30-21(25-18)27(5-1-4-26-6-8-29-9-7-26)20(28)14-10-16(23)12-17(24)11-14/h2-3,10-13H,1,4-9H2. The van der Waals surface area contributed by atoms with Crippen LogP contribution in [0.15, 0.2) is 36.4 Å². The number of morpholine rings is 1. The number of benzene rings is 2. The summed E-state index contributed by atoms with van der Waals surface area (Å²) in [4.78, 5) is 22.1. The second-order valence-corrected chi connectivity index (χ2v) is 9.35. The van der Waals surface area contributed by atoms with Crippen LogP contribution in [0.25, 0.3) is 10.2 Å². The first-order valence-electron chi connectivity index (χ1n) is 9.64. The van der Waals surface area contributed by atoms with Gasteiger partial charge in [0.05, 0.1) is 23.4 Å². The van der Waals surface area contributed by atoms with E-state index in [1.807, 2.05) is 12.1 Å². The number of aromatic nitrogens is 1. The topological polar surface area (TPSA) is 45.7 Å². The highest BCUT2D eigenvalue weighted by Crippen LogP contribution is 2.32. The molecule has 1 fully saturated rings. The van der Waals surface area contributed by atoms with Gasteiger partial charge in [0.25, 0.3) is 5.91 Å². The minimum absolute atomic E-state index is 0.175. The van der Waals surface area contributed by atoms with Crippen LogP contribution in [0.1, 0.15) is 16.8 Å². The van der Waals surface area contributed by atoms with Crippen LogP contribution in [0.4, 0.5) is 5.13 Å². The Kier molecular flexibility index (Phi) is 7.13. The van der Waals surface area contributed by atoms with E-state index in [1.165, 1.54) is 11.3 Å². The predicted octanol–water partition coefficient (Wildman–Crippen LogP) is 5.63. The summed E-state index contributed by atoms with van der Waals surface area (Å²) in [5.41, 5.74) is 1.26. The van der Waals surface area contributed by atoms with Crippen molar-refractivity contribution in [2.75, 3.05) is 44.3 Å². The number of hydrogen-bond acceptors (Lipinski definition) is 5.